The van der Waals surface area contributed by atoms with E-state index in [1.54, 1.807) is 74.6 Å². The summed E-state index contributed by atoms with van der Waals surface area (Å²) < 4.78 is 15.5. The van der Waals surface area contributed by atoms with E-state index in [-0.39, 0.29) is 24.8 Å². The van der Waals surface area contributed by atoms with Crippen LogP contribution in [-0.4, -0.2) is 53.9 Å². The fourth-order valence-corrected chi connectivity index (χ4v) is 4.90. The zero-order valence-corrected chi connectivity index (χ0v) is 22.7. The average Bonchev–Trinajstić information content (AvgIpc) is 2.96. The highest BCUT2D eigenvalue weighted by Gasteiger charge is 2.36. The lowest BCUT2D eigenvalue weighted by molar-refractivity contribution is -0.129. The number of carbonyl (C=O) groups is 3. The standard InChI is InChI=1S/C29H29N3O6S/c1-4-38-28(35)20-7-9-21(10-8-20)30-27(34)25-17-26(33)32(18-19-5-13-23(36-2)14-6-19)29(39-25)31-22-11-15-24(37-3)16-12-22/h5-16,25H,4,17-18H2,1-3H3,(H,30,34). The monoisotopic (exact) mass is 547 g/mol. The zero-order chi connectivity index (χ0) is 27.8. The van der Waals surface area contributed by atoms with E-state index >= 15 is 0 Å². The van der Waals surface area contributed by atoms with Crippen molar-refractivity contribution in [3.05, 3.63) is 83.9 Å². The number of nitrogens with zero attached hydrogens (tertiary/aromatic N) is 2. The largest absolute Gasteiger partial charge is 0.497 e. The number of carbonyl (C=O) groups excluding carboxylic acids is 3. The maximum atomic E-state index is 13.3. The van der Waals surface area contributed by atoms with Gasteiger partial charge in [0.25, 0.3) is 0 Å². The molecule has 1 aliphatic heterocycles. The lowest BCUT2D eigenvalue weighted by atomic mass is 10.1. The van der Waals surface area contributed by atoms with Gasteiger partial charge in [0.1, 0.15) is 16.7 Å². The molecule has 1 fully saturated rings. The van der Waals surface area contributed by atoms with Crippen LogP contribution in [0, 0.1) is 0 Å². The number of nitrogens with one attached hydrogen (secondary N) is 1. The van der Waals surface area contributed by atoms with Crippen molar-refractivity contribution < 1.29 is 28.6 Å². The molecular formula is C29H29N3O6S. The van der Waals surface area contributed by atoms with Crippen LogP contribution in [0.5, 0.6) is 11.5 Å². The minimum Gasteiger partial charge on any atom is -0.497 e. The number of methoxy groups -OCH3 is 2. The lowest BCUT2D eigenvalue weighted by Gasteiger charge is -2.32. The Morgan fingerprint density at radius 1 is 0.949 bits per heavy atom. The van der Waals surface area contributed by atoms with Gasteiger partial charge >= 0.3 is 5.97 Å². The van der Waals surface area contributed by atoms with E-state index < -0.39 is 11.2 Å². The van der Waals surface area contributed by atoms with Crippen molar-refractivity contribution in [1.29, 1.82) is 0 Å². The van der Waals surface area contributed by atoms with E-state index in [0.717, 1.165) is 11.3 Å². The highest BCUT2D eigenvalue weighted by Crippen LogP contribution is 2.32. The van der Waals surface area contributed by atoms with E-state index in [4.69, 9.17) is 19.2 Å². The maximum absolute atomic E-state index is 13.3. The summed E-state index contributed by atoms with van der Waals surface area (Å²) in [4.78, 5) is 44.7. The minimum absolute atomic E-state index is 0.00912. The maximum Gasteiger partial charge on any atom is 0.338 e. The van der Waals surface area contributed by atoms with Crippen LogP contribution in [0.4, 0.5) is 11.4 Å². The summed E-state index contributed by atoms with van der Waals surface area (Å²) >= 11 is 1.23. The quantitative estimate of drug-likeness (QED) is 0.374. The second-order valence-electron chi connectivity index (χ2n) is 8.52. The van der Waals surface area contributed by atoms with Gasteiger partial charge in [-0.05, 0) is 73.2 Å². The highest BCUT2D eigenvalue weighted by molar-refractivity contribution is 8.15. The Morgan fingerprint density at radius 2 is 1.56 bits per heavy atom. The summed E-state index contributed by atoms with van der Waals surface area (Å²) in [6, 6.07) is 21.0. The smallest absolute Gasteiger partial charge is 0.338 e. The van der Waals surface area contributed by atoms with E-state index in [1.165, 1.54) is 11.8 Å². The summed E-state index contributed by atoms with van der Waals surface area (Å²) in [6.45, 7) is 2.31. The molecule has 0 saturated carbocycles. The molecule has 2 amide bonds. The summed E-state index contributed by atoms with van der Waals surface area (Å²) in [5.41, 5.74) is 2.42. The van der Waals surface area contributed by atoms with Crippen molar-refractivity contribution in [2.45, 2.75) is 25.1 Å². The Morgan fingerprint density at radius 3 is 2.15 bits per heavy atom. The lowest BCUT2D eigenvalue weighted by Crippen LogP contribution is -2.44. The zero-order valence-electron chi connectivity index (χ0n) is 21.9. The summed E-state index contributed by atoms with van der Waals surface area (Å²) in [7, 11) is 3.18. The molecule has 1 atom stereocenters. The predicted octanol–water partition coefficient (Wildman–Crippen LogP) is 5.04. The van der Waals surface area contributed by atoms with Crippen LogP contribution in [0.2, 0.25) is 0 Å². The first-order valence-corrected chi connectivity index (χ1v) is 13.2. The summed E-state index contributed by atoms with van der Waals surface area (Å²) in [5, 5.41) is 2.57. The number of esters is 1. The van der Waals surface area contributed by atoms with Crippen LogP contribution in [0.3, 0.4) is 0 Å². The fraction of sp³-hybridized carbons (Fsp3) is 0.241. The Hall–Kier alpha value is -4.31. The molecule has 9 nitrogen and oxygen atoms in total. The van der Waals surface area contributed by atoms with Crippen LogP contribution in [-0.2, 0) is 20.9 Å². The molecule has 1 unspecified atom stereocenters. The third-order valence-corrected chi connectivity index (χ3v) is 7.08. The number of aliphatic imine (C=N–C) groups is 1. The Balaban J connectivity index is 1.54. The molecule has 202 valence electrons. The Kier molecular flexibility index (Phi) is 9.22. The van der Waals surface area contributed by atoms with Gasteiger partial charge in [0, 0.05) is 12.1 Å². The van der Waals surface area contributed by atoms with Gasteiger partial charge in [-0.25, -0.2) is 9.79 Å². The van der Waals surface area contributed by atoms with Gasteiger partial charge < -0.3 is 19.5 Å². The van der Waals surface area contributed by atoms with Crippen molar-refractivity contribution in [2.24, 2.45) is 4.99 Å². The second-order valence-corrected chi connectivity index (χ2v) is 9.69. The molecule has 0 aliphatic carbocycles. The van der Waals surface area contributed by atoms with Crippen molar-refractivity contribution in [3.8, 4) is 11.5 Å². The molecule has 0 aromatic heterocycles. The molecular weight excluding hydrogens is 518 g/mol. The van der Waals surface area contributed by atoms with Crippen LogP contribution in [0.15, 0.2) is 77.8 Å². The predicted molar refractivity (Wildman–Crippen MR) is 151 cm³/mol. The number of amidine groups is 1. The number of thioether (sulfide) groups is 1. The van der Waals surface area contributed by atoms with Crippen molar-refractivity contribution in [2.75, 3.05) is 26.1 Å². The first kappa shape index (κ1) is 27.7. The molecule has 1 aliphatic rings. The molecule has 1 heterocycles. The molecule has 3 aromatic rings. The molecule has 39 heavy (non-hydrogen) atoms. The minimum atomic E-state index is -0.689. The van der Waals surface area contributed by atoms with Crippen molar-refractivity contribution in [3.63, 3.8) is 0 Å². The topological polar surface area (TPSA) is 107 Å². The number of hydrogen-bond donors (Lipinski definition) is 1. The first-order chi connectivity index (χ1) is 18.9. The fourth-order valence-electron chi connectivity index (χ4n) is 3.80. The van der Waals surface area contributed by atoms with Crippen LogP contribution >= 0.6 is 11.8 Å². The van der Waals surface area contributed by atoms with E-state index in [9.17, 15) is 14.4 Å². The molecule has 3 aromatic carbocycles. The first-order valence-electron chi connectivity index (χ1n) is 12.3. The van der Waals surface area contributed by atoms with E-state index in [1.807, 2.05) is 24.3 Å². The molecule has 1 N–H and O–H groups in total. The van der Waals surface area contributed by atoms with E-state index in [2.05, 4.69) is 5.32 Å². The normalized spacial score (nSPS) is 16.1. The Bertz CT molecular complexity index is 1340. The van der Waals surface area contributed by atoms with Crippen LogP contribution in [0.25, 0.3) is 0 Å². The SMILES string of the molecule is CCOC(=O)c1ccc(NC(=O)C2CC(=O)N(Cc3ccc(OC)cc3)C(=Nc3ccc(OC)cc3)S2)cc1. The summed E-state index contributed by atoms with van der Waals surface area (Å²) in [5.74, 6) is 0.434. The van der Waals surface area contributed by atoms with E-state index in [0.29, 0.717) is 34.4 Å². The van der Waals surface area contributed by atoms with Gasteiger partial charge in [0.15, 0.2) is 5.17 Å². The number of ether oxygens (including phenoxy) is 3. The Labute approximate surface area is 231 Å². The number of amides is 2. The number of rotatable bonds is 9. The number of hydrogen-bond acceptors (Lipinski definition) is 8. The van der Waals surface area contributed by atoms with Gasteiger partial charge in [0.05, 0.1) is 38.6 Å². The molecule has 4 rings (SSSR count). The van der Waals surface area contributed by atoms with Gasteiger partial charge in [-0.15, -0.1) is 0 Å². The third kappa shape index (κ3) is 7.17. The molecule has 0 spiro atoms. The van der Waals surface area contributed by atoms with Crippen LogP contribution in [0.1, 0.15) is 29.3 Å². The van der Waals surface area contributed by atoms with Gasteiger partial charge in [0.2, 0.25) is 11.8 Å². The third-order valence-electron chi connectivity index (χ3n) is 5.89. The molecule has 0 bridgehead atoms. The number of anilines is 1. The van der Waals surface area contributed by atoms with Gasteiger partial charge in [-0.1, -0.05) is 23.9 Å². The van der Waals surface area contributed by atoms with Crippen molar-refractivity contribution >= 4 is 46.1 Å². The second kappa shape index (κ2) is 13.0. The molecule has 1 saturated heterocycles. The van der Waals surface area contributed by atoms with Crippen molar-refractivity contribution in [1.82, 2.24) is 4.90 Å². The number of benzene rings is 3. The summed E-state index contributed by atoms with van der Waals surface area (Å²) in [6.07, 6.45) is 0.00912. The molecule has 0 radical (unpaired) electrons. The van der Waals surface area contributed by atoms with Gasteiger partial charge in [-0.3, -0.25) is 14.5 Å². The highest BCUT2D eigenvalue weighted by atomic mass is 32.2. The van der Waals surface area contributed by atoms with Crippen LogP contribution < -0.4 is 14.8 Å². The van der Waals surface area contributed by atoms with Gasteiger partial charge in [-0.2, -0.15) is 0 Å². The molecule has 10 heteroatoms. The average molecular weight is 548 g/mol.